The summed E-state index contributed by atoms with van der Waals surface area (Å²) >= 11 is 0. The Bertz CT molecular complexity index is 935. The predicted octanol–water partition coefficient (Wildman–Crippen LogP) is 2.84. The molecule has 0 saturated heterocycles. The zero-order valence-electron chi connectivity index (χ0n) is 13.3. The molecular weight excluding hydrogens is 330 g/mol. The quantitative estimate of drug-likeness (QED) is 0.681. The van der Waals surface area contributed by atoms with E-state index in [1.807, 2.05) is 6.92 Å². The lowest BCUT2D eigenvalue weighted by Gasteiger charge is -2.23. The van der Waals surface area contributed by atoms with Gasteiger partial charge in [0.25, 0.3) is 10.0 Å². The summed E-state index contributed by atoms with van der Waals surface area (Å²) < 4.78 is 37.5. The lowest BCUT2D eigenvalue weighted by molar-refractivity contribution is 0.315. The monoisotopic (exact) mass is 347 g/mol. The van der Waals surface area contributed by atoms with Crippen LogP contribution in [0.25, 0.3) is 11.0 Å². The minimum atomic E-state index is -3.80. The third kappa shape index (κ3) is 2.80. The van der Waals surface area contributed by atoms with Crippen LogP contribution in [0.1, 0.15) is 13.8 Å². The molecule has 8 heteroatoms. The molecule has 0 amide bonds. The van der Waals surface area contributed by atoms with E-state index >= 15 is 0 Å². The largest absolute Gasteiger partial charge is 0.494 e. The Morgan fingerprint density at radius 3 is 2.50 bits per heavy atom. The molecule has 126 valence electrons. The molecule has 24 heavy (non-hydrogen) atoms. The van der Waals surface area contributed by atoms with E-state index in [4.69, 9.17) is 4.74 Å². The van der Waals surface area contributed by atoms with Gasteiger partial charge in [0, 0.05) is 6.54 Å². The molecule has 3 rings (SSSR count). The van der Waals surface area contributed by atoms with E-state index in [-0.39, 0.29) is 17.0 Å². The van der Waals surface area contributed by atoms with E-state index in [2.05, 4.69) is 14.9 Å². The van der Waals surface area contributed by atoms with Gasteiger partial charge in [-0.3, -0.25) is 4.31 Å². The van der Waals surface area contributed by atoms with E-state index in [0.717, 1.165) is 0 Å². The van der Waals surface area contributed by atoms with Crippen molar-refractivity contribution in [1.82, 2.24) is 10.3 Å². The van der Waals surface area contributed by atoms with Crippen LogP contribution in [-0.2, 0) is 10.0 Å². The van der Waals surface area contributed by atoms with E-state index in [1.165, 1.54) is 10.4 Å². The van der Waals surface area contributed by atoms with Gasteiger partial charge in [-0.15, -0.1) is 0 Å². The number of ether oxygens (including phenoxy) is 1. The molecule has 2 aromatic carbocycles. The first-order valence-corrected chi connectivity index (χ1v) is 8.98. The van der Waals surface area contributed by atoms with E-state index in [1.54, 1.807) is 43.3 Å². The van der Waals surface area contributed by atoms with Crippen LogP contribution in [0.15, 0.2) is 52.0 Å². The average Bonchev–Trinajstić information content (AvgIpc) is 3.05. The Hall–Kier alpha value is -2.61. The highest BCUT2D eigenvalue weighted by atomic mass is 32.2. The summed E-state index contributed by atoms with van der Waals surface area (Å²) in [5.74, 6) is 0.692. The first kappa shape index (κ1) is 16.3. The Morgan fingerprint density at radius 1 is 1.08 bits per heavy atom. The second-order valence-corrected chi connectivity index (χ2v) is 6.82. The van der Waals surface area contributed by atoms with Gasteiger partial charge in [-0.25, -0.2) is 13.0 Å². The summed E-state index contributed by atoms with van der Waals surface area (Å²) in [6.07, 6.45) is 0. The van der Waals surface area contributed by atoms with Gasteiger partial charge in [0.15, 0.2) is 5.52 Å². The first-order chi connectivity index (χ1) is 11.6. The van der Waals surface area contributed by atoms with Gasteiger partial charge in [-0.1, -0.05) is 6.07 Å². The van der Waals surface area contributed by atoms with Crippen LogP contribution < -0.4 is 9.04 Å². The highest BCUT2D eigenvalue weighted by Crippen LogP contribution is 2.28. The average molecular weight is 347 g/mol. The summed E-state index contributed by atoms with van der Waals surface area (Å²) in [6, 6.07) is 11.7. The van der Waals surface area contributed by atoms with Crippen molar-refractivity contribution in [2.45, 2.75) is 18.7 Å². The van der Waals surface area contributed by atoms with Crippen molar-refractivity contribution in [1.29, 1.82) is 0 Å². The number of hydrogen-bond donors (Lipinski definition) is 0. The third-order valence-electron chi connectivity index (χ3n) is 3.54. The molecule has 3 aromatic rings. The van der Waals surface area contributed by atoms with Crippen LogP contribution in [0.4, 0.5) is 5.69 Å². The van der Waals surface area contributed by atoms with Gasteiger partial charge in [-0.05, 0) is 60.6 Å². The summed E-state index contributed by atoms with van der Waals surface area (Å²) in [4.78, 5) is 0.0667. The van der Waals surface area contributed by atoms with Crippen LogP contribution in [-0.4, -0.2) is 31.9 Å². The lowest BCUT2D eigenvalue weighted by Crippen LogP contribution is -2.30. The summed E-state index contributed by atoms with van der Waals surface area (Å²) in [6.45, 7) is 4.49. The maximum absolute atomic E-state index is 13.1. The van der Waals surface area contributed by atoms with E-state index < -0.39 is 10.0 Å². The van der Waals surface area contributed by atoms with E-state index in [0.29, 0.717) is 23.6 Å². The van der Waals surface area contributed by atoms with Crippen molar-refractivity contribution in [2.75, 3.05) is 17.5 Å². The van der Waals surface area contributed by atoms with Crippen LogP contribution >= 0.6 is 0 Å². The number of aromatic nitrogens is 2. The second kappa shape index (κ2) is 6.48. The summed E-state index contributed by atoms with van der Waals surface area (Å²) in [5, 5.41) is 7.42. The number of hydrogen-bond acceptors (Lipinski definition) is 6. The zero-order valence-corrected chi connectivity index (χ0v) is 14.2. The van der Waals surface area contributed by atoms with Gasteiger partial charge in [0.1, 0.15) is 16.2 Å². The molecule has 0 aliphatic heterocycles. The molecule has 0 saturated carbocycles. The Morgan fingerprint density at radius 2 is 1.83 bits per heavy atom. The van der Waals surface area contributed by atoms with Crippen molar-refractivity contribution in [2.24, 2.45) is 0 Å². The fourth-order valence-electron chi connectivity index (χ4n) is 2.47. The number of anilines is 1. The van der Waals surface area contributed by atoms with Crippen molar-refractivity contribution in [3.05, 3.63) is 42.5 Å². The summed E-state index contributed by atoms with van der Waals surface area (Å²) in [7, 11) is -3.80. The third-order valence-corrected chi connectivity index (χ3v) is 5.47. The van der Waals surface area contributed by atoms with Gasteiger partial charge in [-0.2, -0.15) is 0 Å². The molecule has 0 atom stereocenters. The molecule has 1 heterocycles. The maximum atomic E-state index is 13.1. The van der Waals surface area contributed by atoms with Gasteiger partial charge in [0.05, 0.1) is 12.3 Å². The topological polar surface area (TPSA) is 85.5 Å². The zero-order chi connectivity index (χ0) is 17.2. The minimum Gasteiger partial charge on any atom is -0.494 e. The Kier molecular flexibility index (Phi) is 4.39. The Labute approximate surface area is 139 Å². The molecule has 0 unspecified atom stereocenters. The molecule has 0 fully saturated rings. The molecule has 0 N–H and O–H groups in total. The highest BCUT2D eigenvalue weighted by molar-refractivity contribution is 7.93. The van der Waals surface area contributed by atoms with Crippen LogP contribution in [0.3, 0.4) is 0 Å². The van der Waals surface area contributed by atoms with Crippen molar-refractivity contribution < 1.29 is 17.8 Å². The SMILES string of the molecule is CCOc1ccc(N(CC)S(=O)(=O)c2cccc3nonc23)cc1. The lowest BCUT2D eigenvalue weighted by atomic mass is 10.3. The van der Waals surface area contributed by atoms with Crippen molar-refractivity contribution in [3.8, 4) is 5.75 Å². The number of rotatable bonds is 6. The first-order valence-electron chi connectivity index (χ1n) is 7.54. The van der Waals surface area contributed by atoms with Crippen LogP contribution in [0.5, 0.6) is 5.75 Å². The summed E-state index contributed by atoms with van der Waals surface area (Å²) in [5.41, 5.74) is 1.18. The van der Waals surface area contributed by atoms with Crippen LogP contribution in [0, 0.1) is 0 Å². The molecular formula is C16H17N3O4S. The van der Waals surface area contributed by atoms with Gasteiger partial charge >= 0.3 is 0 Å². The number of sulfonamides is 1. The van der Waals surface area contributed by atoms with E-state index in [9.17, 15) is 8.42 Å². The Balaban J connectivity index is 2.04. The fourth-order valence-corrected chi connectivity index (χ4v) is 4.09. The molecule has 7 nitrogen and oxygen atoms in total. The predicted molar refractivity (Wildman–Crippen MR) is 89.6 cm³/mol. The minimum absolute atomic E-state index is 0.0667. The fraction of sp³-hybridized carbons (Fsp3) is 0.250. The second-order valence-electron chi connectivity index (χ2n) is 4.98. The molecule has 1 aromatic heterocycles. The normalized spacial score (nSPS) is 11.6. The van der Waals surface area contributed by atoms with Crippen LogP contribution in [0.2, 0.25) is 0 Å². The smallest absolute Gasteiger partial charge is 0.266 e. The maximum Gasteiger partial charge on any atom is 0.266 e. The molecule has 0 aliphatic carbocycles. The number of benzene rings is 2. The molecule has 0 spiro atoms. The standard InChI is InChI=1S/C16H17N3O4S/c1-3-19(12-8-10-13(11-9-12)22-4-2)24(20,21)15-7-5-6-14-16(15)18-23-17-14/h5-11H,3-4H2,1-2H3. The molecule has 0 radical (unpaired) electrons. The highest BCUT2D eigenvalue weighted by Gasteiger charge is 2.27. The molecule has 0 aliphatic rings. The van der Waals surface area contributed by atoms with Gasteiger partial charge < -0.3 is 4.74 Å². The van der Waals surface area contributed by atoms with Crippen molar-refractivity contribution in [3.63, 3.8) is 0 Å². The van der Waals surface area contributed by atoms with Crippen molar-refractivity contribution >= 4 is 26.7 Å². The number of fused-ring (bicyclic) bond motifs is 1. The molecule has 0 bridgehead atoms. The number of nitrogens with zero attached hydrogens (tertiary/aromatic N) is 3. The van der Waals surface area contributed by atoms with Gasteiger partial charge in [0.2, 0.25) is 0 Å².